The Morgan fingerprint density at radius 1 is 1.27 bits per heavy atom. The van der Waals surface area contributed by atoms with Crippen LogP contribution in [0.15, 0.2) is 18.2 Å². The second-order valence-corrected chi connectivity index (χ2v) is 5.99. The fraction of sp³-hybridized carbons (Fsp3) is 0.529. The van der Waals surface area contributed by atoms with Gasteiger partial charge >= 0.3 is 0 Å². The summed E-state index contributed by atoms with van der Waals surface area (Å²) >= 11 is 0. The SMILES string of the molecule is Cc1ccc(C)c(C(=O)CCC(=O)NC(CN)C2CC2)c1.Cl. The summed E-state index contributed by atoms with van der Waals surface area (Å²) < 4.78 is 0. The van der Waals surface area contributed by atoms with Crippen LogP contribution < -0.4 is 11.1 Å². The third-order valence-electron chi connectivity index (χ3n) is 4.06. The molecule has 0 spiro atoms. The van der Waals surface area contributed by atoms with Crippen molar-refractivity contribution in [2.24, 2.45) is 11.7 Å². The molecule has 1 saturated carbocycles. The maximum Gasteiger partial charge on any atom is 0.220 e. The van der Waals surface area contributed by atoms with Gasteiger partial charge in [0, 0.05) is 31.0 Å². The van der Waals surface area contributed by atoms with E-state index in [0.717, 1.165) is 29.5 Å². The predicted molar refractivity (Wildman–Crippen MR) is 90.4 cm³/mol. The van der Waals surface area contributed by atoms with Gasteiger partial charge in [-0.3, -0.25) is 9.59 Å². The Balaban J connectivity index is 0.00000242. The topological polar surface area (TPSA) is 72.2 Å². The highest BCUT2D eigenvalue weighted by atomic mass is 35.5. The quantitative estimate of drug-likeness (QED) is 0.757. The molecule has 22 heavy (non-hydrogen) atoms. The van der Waals surface area contributed by atoms with Crippen molar-refractivity contribution in [1.29, 1.82) is 0 Å². The summed E-state index contributed by atoms with van der Waals surface area (Å²) in [5.41, 5.74) is 8.41. The largest absolute Gasteiger partial charge is 0.352 e. The zero-order chi connectivity index (χ0) is 15.4. The molecule has 1 aromatic carbocycles. The van der Waals surface area contributed by atoms with Gasteiger partial charge < -0.3 is 11.1 Å². The van der Waals surface area contributed by atoms with Crippen LogP contribution in [0.1, 0.15) is 47.2 Å². The molecule has 1 amide bonds. The fourth-order valence-corrected chi connectivity index (χ4v) is 2.54. The summed E-state index contributed by atoms with van der Waals surface area (Å²) in [5.74, 6) is 0.492. The first kappa shape index (κ1) is 18.7. The summed E-state index contributed by atoms with van der Waals surface area (Å²) in [5, 5.41) is 2.95. The Labute approximate surface area is 138 Å². The van der Waals surface area contributed by atoms with E-state index < -0.39 is 0 Å². The van der Waals surface area contributed by atoms with Crippen LogP contribution in [-0.4, -0.2) is 24.3 Å². The molecule has 1 aromatic rings. The van der Waals surface area contributed by atoms with Crippen molar-refractivity contribution in [3.8, 4) is 0 Å². The minimum atomic E-state index is -0.0731. The fourth-order valence-electron chi connectivity index (χ4n) is 2.54. The maximum atomic E-state index is 12.2. The Hall–Kier alpha value is -1.39. The molecule has 0 aromatic heterocycles. The van der Waals surface area contributed by atoms with Gasteiger partial charge in [-0.05, 0) is 44.2 Å². The molecule has 0 radical (unpaired) electrons. The zero-order valence-corrected chi connectivity index (χ0v) is 14.0. The number of benzene rings is 1. The Morgan fingerprint density at radius 3 is 2.55 bits per heavy atom. The lowest BCUT2D eigenvalue weighted by Gasteiger charge is -2.15. The lowest BCUT2D eigenvalue weighted by molar-refractivity contribution is -0.121. The van der Waals surface area contributed by atoms with E-state index in [0.29, 0.717) is 12.5 Å². The molecule has 1 atom stereocenters. The Bertz CT molecular complexity index is 541. The standard InChI is InChI=1S/C17H24N2O2.ClH/c1-11-3-4-12(2)14(9-11)16(20)7-8-17(21)19-15(10-18)13-5-6-13;/h3-4,9,13,15H,5-8,10,18H2,1-2H3,(H,19,21);1H. The molecule has 5 heteroatoms. The number of hydrogen-bond acceptors (Lipinski definition) is 3. The molecular formula is C17H25ClN2O2. The van der Waals surface area contributed by atoms with Crippen molar-refractivity contribution >= 4 is 24.1 Å². The number of aryl methyl sites for hydroxylation is 2. The van der Waals surface area contributed by atoms with Crippen molar-refractivity contribution in [1.82, 2.24) is 5.32 Å². The van der Waals surface area contributed by atoms with E-state index in [1.807, 2.05) is 32.0 Å². The highest BCUT2D eigenvalue weighted by Gasteiger charge is 2.31. The first-order valence-electron chi connectivity index (χ1n) is 7.61. The lowest BCUT2D eigenvalue weighted by Crippen LogP contribution is -2.41. The summed E-state index contributed by atoms with van der Waals surface area (Å²) in [6, 6.07) is 5.90. The van der Waals surface area contributed by atoms with Gasteiger partial charge in [0.15, 0.2) is 5.78 Å². The monoisotopic (exact) mass is 324 g/mol. The Kier molecular flexibility index (Phi) is 7.04. The van der Waals surface area contributed by atoms with Crippen LogP contribution in [0.3, 0.4) is 0 Å². The number of hydrogen-bond donors (Lipinski definition) is 2. The normalized spacial score (nSPS) is 14.9. The van der Waals surface area contributed by atoms with Gasteiger partial charge in [0.1, 0.15) is 0 Å². The van der Waals surface area contributed by atoms with Gasteiger partial charge in [-0.2, -0.15) is 0 Å². The average Bonchev–Trinajstić information content (AvgIpc) is 3.29. The van der Waals surface area contributed by atoms with E-state index in [-0.39, 0.29) is 43.0 Å². The van der Waals surface area contributed by atoms with Crippen molar-refractivity contribution < 1.29 is 9.59 Å². The Morgan fingerprint density at radius 2 is 1.95 bits per heavy atom. The van der Waals surface area contributed by atoms with E-state index >= 15 is 0 Å². The smallest absolute Gasteiger partial charge is 0.220 e. The van der Waals surface area contributed by atoms with Gasteiger partial charge in [0.05, 0.1) is 0 Å². The first-order valence-corrected chi connectivity index (χ1v) is 7.61. The summed E-state index contributed by atoms with van der Waals surface area (Å²) in [4.78, 5) is 24.1. The van der Waals surface area contributed by atoms with Crippen LogP contribution in [-0.2, 0) is 4.79 Å². The van der Waals surface area contributed by atoms with E-state index in [9.17, 15) is 9.59 Å². The minimum absolute atomic E-state index is 0. The molecule has 1 aliphatic carbocycles. The van der Waals surface area contributed by atoms with Crippen LogP contribution in [0.25, 0.3) is 0 Å². The van der Waals surface area contributed by atoms with E-state index in [2.05, 4.69) is 5.32 Å². The van der Waals surface area contributed by atoms with Gasteiger partial charge in [0.25, 0.3) is 0 Å². The molecule has 1 unspecified atom stereocenters. The number of carbonyl (C=O) groups excluding carboxylic acids is 2. The van der Waals surface area contributed by atoms with Crippen LogP contribution in [0, 0.1) is 19.8 Å². The van der Waals surface area contributed by atoms with Crippen LogP contribution in [0.5, 0.6) is 0 Å². The molecule has 0 saturated heterocycles. The van der Waals surface area contributed by atoms with Crippen LogP contribution in [0.2, 0.25) is 0 Å². The molecular weight excluding hydrogens is 300 g/mol. The van der Waals surface area contributed by atoms with Crippen LogP contribution in [0.4, 0.5) is 0 Å². The molecule has 4 nitrogen and oxygen atoms in total. The number of ketones is 1. The number of nitrogens with one attached hydrogen (secondary N) is 1. The van der Waals surface area contributed by atoms with E-state index in [4.69, 9.17) is 5.73 Å². The molecule has 1 fully saturated rings. The molecule has 0 aliphatic heterocycles. The lowest BCUT2D eigenvalue weighted by atomic mass is 9.99. The second-order valence-electron chi connectivity index (χ2n) is 5.99. The summed E-state index contributed by atoms with van der Waals surface area (Å²) in [6.07, 6.45) is 2.76. The van der Waals surface area contributed by atoms with Gasteiger partial charge in [0.2, 0.25) is 5.91 Å². The number of nitrogens with two attached hydrogens (primary N) is 1. The number of halogens is 1. The van der Waals surface area contributed by atoms with Crippen molar-refractivity contribution in [2.75, 3.05) is 6.54 Å². The van der Waals surface area contributed by atoms with Gasteiger partial charge in [-0.1, -0.05) is 17.7 Å². The van der Waals surface area contributed by atoms with Gasteiger partial charge in [-0.25, -0.2) is 0 Å². The highest BCUT2D eigenvalue weighted by Crippen LogP contribution is 2.32. The summed E-state index contributed by atoms with van der Waals surface area (Å²) in [7, 11) is 0. The third kappa shape index (κ3) is 5.11. The number of carbonyl (C=O) groups is 2. The predicted octanol–water partition coefficient (Wildman–Crippen LogP) is 2.54. The van der Waals surface area contributed by atoms with Gasteiger partial charge in [-0.15, -0.1) is 12.4 Å². The highest BCUT2D eigenvalue weighted by molar-refractivity contribution is 5.99. The summed E-state index contributed by atoms with van der Waals surface area (Å²) in [6.45, 7) is 4.36. The molecule has 122 valence electrons. The minimum Gasteiger partial charge on any atom is -0.352 e. The number of Topliss-reactive ketones (excluding diaryl/α,β-unsaturated/α-hetero) is 1. The molecule has 1 aliphatic rings. The van der Waals surface area contributed by atoms with Crippen molar-refractivity contribution in [3.63, 3.8) is 0 Å². The molecule has 2 rings (SSSR count). The third-order valence-corrected chi connectivity index (χ3v) is 4.06. The van der Waals surface area contributed by atoms with Crippen molar-refractivity contribution in [2.45, 2.75) is 45.6 Å². The van der Waals surface area contributed by atoms with E-state index in [1.165, 1.54) is 0 Å². The molecule has 0 heterocycles. The molecule has 3 N–H and O–H groups in total. The second kappa shape index (κ2) is 8.30. The number of amides is 1. The van der Waals surface area contributed by atoms with E-state index in [1.54, 1.807) is 0 Å². The maximum absolute atomic E-state index is 12.2. The first-order chi connectivity index (χ1) is 10.0. The van der Waals surface area contributed by atoms with Crippen LogP contribution >= 0.6 is 12.4 Å². The average molecular weight is 325 g/mol. The molecule has 0 bridgehead atoms. The number of rotatable bonds is 7. The van der Waals surface area contributed by atoms with Crippen molar-refractivity contribution in [3.05, 3.63) is 34.9 Å². The zero-order valence-electron chi connectivity index (χ0n) is 13.2.